The summed E-state index contributed by atoms with van der Waals surface area (Å²) in [5, 5.41) is 0. The lowest BCUT2D eigenvalue weighted by Crippen LogP contribution is -2.51. The second-order valence-electron chi connectivity index (χ2n) is 8.01. The van der Waals surface area contributed by atoms with Crippen LogP contribution in [0.4, 0.5) is 4.39 Å². The van der Waals surface area contributed by atoms with Crippen molar-refractivity contribution in [1.82, 2.24) is 9.80 Å². The first-order valence-electron chi connectivity index (χ1n) is 10.4. The van der Waals surface area contributed by atoms with E-state index in [9.17, 15) is 14.0 Å². The molecule has 0 unspecified atom stereocenters. The summed E-state index contributed by atoms with van der Waals surface area (Å²) in [7, 11) is 0. The van der Waals surface area contributed by atoms with Gasteiger partial charge in [-0.25, -0.2) is 4.39 Å². The second kappa shape index (κ2) is 8.42. The van der Waals surface area contributed by atoms with Gasteiger partial charge in [0.2, 0.25) is 18.6 Å². The molecule has 6 nitrogen and oxygen atoms in total. The van der Waals surface area contributed by atoms with Gasteiger partial charge in [0.1, 0.15) is 5.82 Å². The Kier molecular flexibility index (Phi) is 5.48. The van der Waals surface area contributed by atoms with Crippen molar-refractivity contribution in [3.05, 3.63) is 53.8 Å². The topological polar surface area (TPSA) is 59.1 Å². The highest BCUT2D eigenvalue weighted by atomic mass is 32.2. The number of ether oxygens (including phenoxy) is 2. The highest BCUT2D eigenvalue weighted by molar-refractivity contribution is 8.00. The fraction of sp³-hybridized carbons (Fsp3) is 0.391. The molecule has 2 aromatic carbocycles. The van der Waals surface area contributed by atoms with Crippen LogP contribution in [0.2, 0.25) is 0 Å². The predicted molar refractivity (Wildman–Crippen MR) is 114 cm³/mol. The molecule has 162 valence electrons. The van der Waals surface area contributed by atoms with E-state index in [4.69, 9.17) is 9.47 Å². The van der Waals surface area contributed by atoms with Crippen molar-refractivity contribution in [2.45, 2.75) is 17.2 Å². The molecule has 5 rings (SSSR count). The molecule has 2 heterocycles. The summed E-state index contributed by atoms with van der Waals surface area (Å²) in [5.41, 5.74) is 1.12. The first-order valence-corrected chi connectivity index (χ1v) is 11.4. The minimum atomic E-state index is -0.284. The Balaban J connectivity index is 1.09. The molecule has 0 radical (unpaired) electrons. The van der Waals surface area contributed by atoms with E-state index < -0.39 is 0 Å². The van der Waals surface area contributed by atoms with Crippen molar-refractivity contribution in [3.8, 4) is 11.5 Å². The van der Waals surface area contributed by atoms with E-state index in [1.54, 1.807) is 12.1 Å². The van der Waals surface area contributed by atoms with Crippen molar-refractivity contribution < 1.29 is 23.5 Å². The van der Waals surface area contributed by atoms with Crippen molar-refractivity contribution >= 4 is 23.6 Å². The number of amides is 2. The van der Waals surface area contributed by atoms with E-state index in [2.05, 4.69) is 0 Å². The maximum atomic E-state index is 13.0. The second-order valence-corrected chi connectivity index (χ2v) is 9.06. The standard InChI is InChI=1S/C23H23FN2O4S/c24-16-2-4-17(5-3-16)31-13-22(27)25-7-9-26(10-8-25)23(28)19-12-18(19)15-1-6-20-21(11-15)30-14-29-20/h1-6,11,18-19H,7-10,12-14H2/t18-,19+/m1/s1. The highest BCUT2D eigenvalue weighted by Crippen LogP contribution is 2.50. The normalized spacial score (nSPS) is 21.8. The van der Waals surface area contributed by atoms with Gasteiger partial charge in [0.15, 0.2) is 11.5 Å². The Bertz CT molecular complexity index is 992. The number of benzene rings is 2. The molecule has 0 N–H and O–H groups in total. The third kappa shape index (κ3) is 4.35. The molecular weight excluding hydrogens is 419 g/mol. The predicted octanol–water partition coefficient (Wildman–Crippen LogP) is 3.12. The highest BCUT2D eigenvalue weighted by Gasteiger charge is 2.46. The van der Waals surface area contributed by atoms with Crippen LogP contribution >= 0.6 is 11.8 Å². The molecule has 2 aliphatic heterocycles. The fourth-order valence-electron chi connectivity index (χ4n) is 4.16. The molecule has 1 saturated heterocycles. The molecule has 2 amide bonds. The molecular formula is C23H23FN2O4S. The molecule has 1 saturated carbocycles. The third-order valence-corrected chi connectivity index (χ3v) is 7.05. The van der Waals surface area contributed by atoms with Crippen molar-refractivity contribution in [2.75, 3.05) is 38.7 Å². The largest absolute Gasteiger partial charge is 0.454 e. The summed E-state index contributed by atoms with van der Waals surface area (Å²) >= 11 is 1.40. The summed E-state index contributed by atoms with van der Waals surface area (Å²) < 4.78 is 23.8. The number of piperazine rings is 1. The van der Waals surface area contributed by atoms with Gasteiger partial charge >= 0.3 is 0 Å². The van der Waals surface area contributed by atoms with Gasteiger partial charge in [0, 0.05) is 37.0 Å². The zero-order valence-corrected chi connectivity index (χ0v) is 17.8. The quantitative estimate of drug-likeness (QED) is 0.666. The Morgan fingerprint density at radius 2 is 1.68 bits per heavy atom. The lowest BCUT2D eigenvalue weighted by atomic mass is 10.1. The first-order chi connectivity index (χ1) is 15.1. The van der Waals surface area contributed by atoms with Gasteiger partial charge in [0.25, 0.3) is 0 Å². The van der Waals surface area contributed by atoms with Crippen LogP contribution in [-0.2, 0) is 9.59 Å². The van der Waals surface area contributed by atoms with E-state index >= 15 is 0 Å². The molecule has 0 spiro atoms. The lowest BCUT2D eigenvalue weighted by Gasteiger charge is -2.35. The number of halogens is 1. The monoisotopic (exact) mass is 442 g/mol. The third-order valence-electron chi connectivity index (χ3n) is 6.05. The van der Waals surface area contributed by atoms with Crippen LogP contribution < -0.4 is 9.47 Å². The molecule has 3 aliphatic rings. The number of carbonyl (C=O) groups is 2. The average molecular weight is 443 g/mol. The Hall–Kier alpha value is -2.74. The number of hydrogen-bond acceptors (Lipinski definition) is 5. The van der Waals surface area contributed by atoms with E-state index in [1.807, 2.05) is 28.0 Å². The molecule has 2 aromatic rings. The molecule has 1 aliphatic carbocycles. The van der Waals surface area contributed by atoms with Gasteiger partial charge in [-0.05, 0) is 54.3 Å². The zero-order valence-electron chi connectivity index (χ0n) is 17.0. The van der Waals surface area contributed by atoms with E-state index in [1.165, 1.54) is 23.9 Å². The van der Waals surface area contributed by atoms with Crippen LogP contribution in [0.5, 0.6) is 11.5 Å². The smallest absolute Gasteiger partial charge is 0.233 e. The Labute approximate surface area is 184 Å². The zero-order chi connectivity index (χ0) is 21.4. The first kappa shape index (κ1) is 20.2. The fourth-order valence-corrected chi connectivity index (χ4v) is 4.96. The van der Waals surface area contributed by atoms with Gasteiger partial charge in [-0.15, -0.1) is 11.8 Å². The molecule has 2 atom stereocenters. The van der Waals surface area contributed by atoms with E-state index in [-0.39, 0.29) is 36.3 Å². The minimum Gasteiger partial charge on any atom is -0.454 e. The van der Waals surface area contributed by atoms with E-state index in [0.29, 0.717) is 31.9 Å². The van der Waals surface area contributed by atoms with Gasteiger partial charge < -0.3 is 19.3 Å². The number of hydrogen-bond donors (Lipinski definition) is 0. The number of nitrogens with zero attached hydrogens (tertiary/aromatic N) is 2. The summed E-state index contributed by atoms with van der Waals surface area (Å²) in [6, 6.07) is 12.0. The minimum absolute atomic E-state index is 0.0108. The maximum absolute atomic E-state index is 13.0. The molecule has 0 aromatic heterocycles. The van der Waals surface area contributed by atoms with Gasteiger partial charge in [-0.2, -0.15) is 0 Å². The van der Waals surface area contributed by atoms with Crippen LogP contribution in [0.1, 0.15) is 17.9 Å². The number of rotatable bonds is 5. The van der Waals surface area contributed by atoms with Crippen LogP contribution in [0, 0.1) is 11.7 Å². The summed E-state index contributed by atoms with van der Waals surface area (Å²) in [6.07, 6.45) is 0.853. The van der Waals surface area contributed by atoms with Crippen LogP contribution in [0.15, 0.2) is 47.4 Å². The van der Waals surface area contributed by atoms with Crippen LogP contribution in [-0.4, -0.2) is 60.3 Å². The molecule has 31 heavy (non-hydrogen) atoms. The molecule has 8 heteroatoms. The molecule has 0 bridgehead atoms. The van der Waals surface area contributed by atoms with Crippen molar-refractivity contribution in [2.24, 2.45) is 5.92 Å². The Morgan fingerprint density at radius 3 is 2.45 bits per heavy atom. The number of thioether (sulfide) groups is 1. The van der Waals surface area contributed by atoms with Crippen molar-refractivity contribution in [3.63, 3.8) is 0 Å². The SMILES string of the molecule is O=C(CSc1ccc(F)cc1)N1CCN(C(=O)[C@H]2C[C@@H]2c2ccc3c(c2)OCO3)CC1. The number of fused-ring (bicyclic) bond motifs is 1. The van der Waals surface area contributed by atoms with Gasteiger partial charge in [0.05, 0.1) is 5.75 Å². The van der Waals surface area contributed by atoms with E-state index in [0.717, 1.165) is 28.4 Å². The summed E-state index contributed by atoms with van der Waals surface area (Å²) in [5.74, 6) is 2.00. The average Bonchev–Trinajstić information content (AvgIpc) is 3.47. The maximum Gasteiger partial charge on any atom is 0.233 e. The van der Waals surface area contributed by atoms with Gasteiger partial charge in [-0.3, -0.25) is 9.59 Å². The summed E-state index contributed by atoms with van der Waals surface area (Å²) in [6.45, 7) is 2.48. The lowest BCUT2D eigenvalue weighted by molar-refractivity contribution is -0.139. The number of carbonyl (C=O) groups excluding carboxylic acids is 2. The molecule has 2 fully saturated rings. The van der Waals surface area contributed by atoms with Gasteiger partial charge in [-0.1, -0.05) is 6.07 Å². The summed E-state index contributed by atoms with van der Waals surface area (Å²) in [4.78, 5) is 30.0. The van der Waals surface area contributed by atoms with Crippen LogP contribution in [0.3, 0.4) is 0 Å². The van der Waals surface area contributed by atoms with Crippen LogP contribution in [0.25, 0.3) is 0 Å². The Morgan fingerprint density at radius 1 is 0.968 bits per heavy atom. The van der Waals surface area contributed by atoms with Crippen molar-refractivity contribution in [1.29, 1.82) is 0 Å².